The van der Waals surface area contributed by atoms with E-state index in [2.05, 4.69) is 10.3 Å². The number of carbonyl (C=O) groups excluding carboxylic acids is 2. The molecule has 1 aliphatic carbocycles. The number of nitrogens with one attached hydrogen (secondary N) is 1. The molecule has 176 valence electrons. The van der Waals surface area contributed by atoms with Gasteiger partial charge in [0.25, 0.3) is 0 Å². The summed E-state index contributed by atoms with van der Waals surface area (Å²) >= 11 is 0. The van der Waals surface area contributed by atoms with Crippen LogP contribution in [-0.2, 0) is 14.9 Å². The Bertz CT molecular complexity index is 1010. The summed E-state index contributed by atoms with van der Waals surface area (Å²) < 4.78 is 5.57. The lowest BCUT2D eigenvalue weighted by atomic mass is 9.97. The van der Waals surface area contributed by atoms with Crippen LogP contribution in [-0.4, -0.2) is 52.3 Å². The first-order chi connectivity index (χ1) is 15.6. The molecule has 0 spiro atoms. The minimum Gasteiger partial charge on any atom is -0.446 e. The third-order valence-corrected chi connectivity index (χ3v) is 6.78. The lowest BCUT2D eigenvalue weighted by molar-refractivity contribution is -0.123. The highest BCUT2D eigenvalue weighted by Crippen LogP contribution is 2.47. The number of benzene rings is 1. The zero-order valence-corrected chi connectivity index (χ0v) is 19.8. The molecule has 2 fully saturated rings. The van der Waals surface area contributed by atoms with Crippen molar-refractivity contribution in [2.45, 2.75) is 69.6 Å². The van der Waals surface area contributed by atoms with Crippen molar-refractivity contribution in [1.82, 2.24) is 15.2 Å². The van der Waals surface area contributed by atoms with Crippen LogP contribution < -0.4 is 5.32 Å². The lowest BCUT2D eigenvalue weighted by Gasteiger charge is -2.37. The van der Waals surface area contributed by atoms with Gasteiger partial charge in [-0.15, -0.1) is 0 Å². The van der Waals surface area contributed by atoms with Gasteiger partial charge >= 0.3 is 6.09 Å². The number of carbonyl (C=O) groups is 2. The van der Waals surface area contributed by atoms with E-state index in [9.17, 15) is 14.7 Å². The van der Waals surface area contributed by atoms with Crippen molar-refractivity contribution in [3.8, 4) is 11.1 Å². The Kier molecular flexibility index (Phi) is 6.18. The fraction of sp³-hybridized carbons (Fsp3) is 0.500. The van der Waals surface area contributed by atoms with Gasteiger partial charge in [0, 0.05) is 38.2 Å². The maximum absolute atomic E-state index is 12.6. The van der Waals surface area contributed by atoms with E-state index in [0.29, 0.717) is 19.4 Å². The molecule has 1 saturated carbocycles. The summed E-state index contributed by atoms with van der Waals surface area (Å²) in [4.78, 5) is 31.1. The average molecular weight is 452 g/mol. The maximum atomic E-state index is 12.6. The molecule has 2 aromatic rings. The molecule has 1 saturated heterocycles. The largest absolute Gasteiger partial charge is 0.446 e. The molecule has 2 amide bonds. The number of nitrogens with zero attached hydrogens (tertiary/aromatic N) is 2. The number of hydrogen-bond donors (Lipinski definition) is 2. The number of aliphatic hydroxyl groups is 1. The molecule has 4 rings (SSSR count). The molecule has 1 aromatic heterocycles. The second-order valence-corrected chi connectivity index (χ2v) is 9.90. The van der Waals surface area contributed by atoms with Crippen LogP contribution in [0.25, 0.3) is 11.1 Å². The molecule has 1 aliphatic heterocycles. The van der Waals surface area contributed by atoms with Gasteiger partial charge in [-0.25, -0.2) is 4.79 Å². The van der Waals surface area contributed by atoms with E-state index in [1.165, 1.54) is 0 Å². The van der Waals surface area contributed by atoms with Gasteiger partial charge < -0.3 is 20.1 Å². The summed E-state index contributed by atoms with van der Waals surface area (Å²) in [6.45, 7) is 6.05. The number of likely N-dealkylation sites (N-methyl/N-ethyl adjacent to an activating group) is 1. The summed E-state index contributed by atoms with van der Waals surface area (Å²) in [7, 11) is 1.66. The highest BCUT2D eigenvalue weighted by atomic mass is 16.6. The number of aromatic nitrogens is 1. The molecule has 2 N–H and O–H groups in total. The van der Waals surface area contributed by atoms with Gasteiger partial charge in [0.05, 0.1) is 22.8 Å². The van der Waals surface area contributed by atoms with Crippen molar-refractivity contribution in [2.75, 3.05) is 13.6 Å². The number of cyclic esters (lactones) is 1. The van der Waals surface area contributed by atoms with Gasteiger partial charge in [0.2, 0.25) is 5.91 Å². The van der Waals surface area contributed by atoms with Gasteiger partial charge in [0.1, 0.15) is 6.10 Å². The number of pyridine rings is 1. The number of hydrogen-bond acceptors (Lipinski definition) is 5. The van der Waals surface area contributed by atoms with Crippen LogP contribution >= 0.6 is 0 Å². The zero-order valence-electron chi connectivity index (χ0n) is 19.8. The van der Waals surface area contributed by atoms with Crippen molar-refractivity contribution >= 4 is 12.0 Å². The molecular formula is C26H33N3O4. The summed E-state index contributed by atoms with van der Waals surface area (Å²) in [6, 6.07) is 11.9. The van der Waals surface area contributed by atoms with Gasteiger partial charge in [-0.05, 0) is 50.8 Å². The first-order valence-electron chi connectivity index (χ1n) is 11.6. The van der Waals surface area contributed by atoms with Crippen molar-refractivity contribution < 1.29 is 19.4 Å². The molecule has 7 nitrogen and oxygen atoms in total. The van der Waals surface area contributed by atoms with Gasteiger partial charge in [0.15, 0.2) is 0 Å². The molecule has 0 bridgehead atoms. The van der Waals surface area contributed by atoms with Crippen molar-refractivity contribution in [2.24, 2.45) is 0 Å². The molecule has 0 unspecified atom stereocenters. The second-order valence-electron chi connectivity index (χ2n) is 9.90. The Morgan fingerprint density at radius 1 is 1.24 bits per heavy atom. The summed E-state index contributed by atoms with van der Waals surface area (Å²) in [6.07, 6.45) is 4.04. The zero-order chi connectivity index (χ0) is 23.8. The summed E-state index contributed by atoms with van der Waals surface area (Å²) in [5, 5.41) is 12.7. The molecule has 1 aromatic carbocycles. The van der Waals surface area contributed by atoms with Crippen LogP contribution in [0.3, 0.4) is 0 Å². The van der Waals surface area contributed by atoms with E-state index >= 15 is 0 Å². The number of ether oxygens (including phenoxy) is 1. The molecule has 33 heavy (non-hydrogen) atoms. The van der Waals surface area contributed by atoms with Crippen molar-refractivity contribution in [3.05, 3.63) is 53.9 Å². The fourth-order valence-electron chi connectivity index (χ4n) is 4.64. The van der Waals surface area contributed by atoms with E-state index in [4.69, 9.17) is 4.74 Å². The average Bonchev–Trinajstić information content (AvgIpc) is 3.59. The van der Waals surface area contributed by atoms with Crippen molar-refractivity contribution in [1.29, 1.82) is 0 Å². The molecule has 7 heteroatoms. The highest BCUT2D eigenvalue weighted by molar-refractivity contribution is 5.90. The van der Waals surface area contributed by atoms with Crippen molar-refractivity contribution in [3.63, 3.8) is 0 Å². The van der Waals surface area contributed by atoms with Crippen LogP contribution in [0.15, 0.2) is 42.6 Å². The van der Waals surface area contributed by atoms with Gasteiger partial charge in [-0.2, -0.15) is 0 Å². The van der Waals surface area contributed by atoms with E-state index in [1.807, 2.05) is 49.5 Å². The van der Waals surface area contributed by atoms with Gasteiger partial charge in [-0.1, -0.05) is 30.3 Å². The highest BCUT2D eigenvalue weighted by Gasteiger charge is 2.52. The van der Waals surface area contributed by atoms with E-state index in [-0.39, 0.29) is 24.1 Å². The smallest absolute Gasteiger partial charge is 0.410 e. The van der Waals surface area contributed by atoms with Gasteiger partial charge in [-0.3, -0.25) is 9.78 Å². The lowest BCUT2D eigenvalue weighted by Crippen LogP contribution is -2.45. The number of rotatable bonds is 7. The predicted octanol–water partition coefficient (Wildman–Crippen LogP) is 3.96. The minimum atomic E-state index is -0.858. The monoisotopic (exact) mass is 451 g/mol. The maximum Gasteiger partial charge on any atom is 0.410 e. The summed E-state index contributed by atoms with van der Waals surface area (Å²) in [5.74, 6) is 0.0312. The molecule has 2 atom stereocenters. The van der Waals surface area contributed by atoms with Crippen LogP contribution in [0.5, 0.6) is 0 Å². The van der Waals surface area contributed by atoms with E-state index in [1.54, 1.807) is 25.8 Å². The first-order valence-corrected chi connectivity index (χ1v) is 11.6. The first kappa shape index (κ1) is 23.2. The third kappa shape index (κ3) is 4.88. The summed E-state index contributed by atoms with van der Waals surface area (Å²) in [5.41, 5.74) is 2.55. The van der Waals surface area contributed by atoms with E-state index in [0.717, 1.165) is 35.2 Å². The quantitative estimate of drug-likeness (QED) is 0.665. The minimum absolute atomic E-state index is 0.0312. The Balaban J connectivity index is 1.41. The second kappa shape index (κ2) is 8.78. The Morgan fingerprint density at radius 3 is 2.42 bits per heavy atom. The molecule has 0 radical (unpaired) electrons. The van der Waals surface area contributed by atoms with E-state index < -0.39 is 11.0 Å². The molecule has 2 aliphatic rings. The fourth-order valence-corrected chi connectivity index (χ4v) is 4.64. The Morgan fingerprint density at radius 2 is 1.91 bits per heavy atom. The third-order valence-electron chi connectivity index (χ3n) is 6.78. The topological polar surface area (TPSA) is 91.8 Å². The number of amides is 2. The molecular weight excluding hydrogens is 418 g/mol. The SMILES string of the molecule is CNC(=O)C1(c2ccc(-c3ccc([C@H](C)N4CC[C@@H](CC(C)(C)O)OC4=O)cc3)cn2)CC1. The Hall–Kier alpha value is -2.93. The predicted molar refractivity (Wildman–Crippen MR) is 126 cm³/mol. The standard InChI is InChI=1S/C26H33N3O4/c1-17(29-14-11-21(33-24(29)31)15-25(2,3)32)18-5-7-19(8-6-18)20-9-10-22(28-16-20)26(12-13-26)23(30)27-4/h5-10,16-17,21,32H,11-15H2,1-4H3,(H,27,30)/t17-,21-/m0/s1. The normalized spacial score (nSPS) is 20.7. The van der Waals surface area contributed by atoms with Crippen LogP contribution in [0.4, 0.5) is 4.79 Å². The van der Waals surface area contributed by atoms with Crippen LogP contribution in [0.2, 0.25) is 0 Å². The van der Waals surface area contributed by atoms with Crippen LogP contribution in [0.1, 0.15) is 63.8 Å². The molecule has 2 heterocycles. The Labute approximate surface area is 195 Å². The van der Waals surface area contributed by atoms with Crippen LogP contribution in [0, 0.1) is 0 Å².